The monoisotopic (exact) mass is 370 g/mol. The highest BCUT2D eigenvalue weighted by Crippen LogP contribution is 2.16. The van der Waals surface area contributed by atoms with Crippen molar-refractivity contribution in [3.05, 3.63) is 59.9 Å². The van der Waals surface area contributed by atoms with E-state index in [1.54, 1.807) is 0 Å². The van der Waals surface area contributed by atoms with Gasteiger partial charge in [0.05, 0.1) is 12.7 Å². The van der Waals surface area contributed by atoms with Crippen molar-refractivity contribution in [1.29, 1.82) is 0 Å². The molecule has 0 saturated heterocycles. The van der Waals surface area contributed by atoms with E-state index < -0.39 is 17.6 Å². The lowest BCUT2D eigenvalue weighted by atomic mass is 10.2. The number of hydrogen-bond donors (Lipinski definition) is 2. The molecule has 10 heteroatoms. The van der Waals surface area contributed by atoms with E-state index in [0.29, 0.717) is 5.82 Å². The maximum atomic E-state index is 13.8. The van der Waals surface area contributed by atoms with Gasteiger partial charge in [0, 0.05) is 11.6 Å². The van der Waals surface area contributed by atoms with Gasteiger partial charge in [0.25, 0.3) is 11.8 Å². The summed E-state index contributed by atoms with van der Waals surface area (Å²) in [5.74, 6) is -1.53. The van der Waals surface area contributed by atoms with Crippen LogP contribution in [0.3, 0.4) is 0 Å². The average Bonchev–Trinajstić information content (AvgIpc) is 3.15. The van der Waals surface area contributed by atoms with Crippen molar-refractivity contribution in [2.75, 3.05) is 7.11 Å². The lowest BCUT2D eigenvalue weighted by Gasteiger charge is -2.08. The molecule has 0 radical (unpaired) electrons. The third kappa shape index (κ3) is 4.42. The minimum atomic E-state index is -0.806. The number of nitrogens with one attached hydrogen (secondary N) is 2. The molecule has 0 aliphatic rings. The number of carbonyl (C=O) groups is 2. The second-order valence-electron chi connectivity index (χ2n) is 5.36. The second kappa shape index (κ2) is 8.04. The number of benzene rings is 2. The highest BCUT2D eigenvalue weighted by atomic mass is 19.1. The van der Waals surface area contributed by atoms with Gasteiger partial charge in [0.2, 0.25) is 5.82 Å². The van der Waals surface area contributed by atoms with Crippen LogP contribution in [0.5, 0.6) is 5.75 Å². The molecule has 0 aliphatic carbocycles. The summed E-state index contributed by atoms with van der Waals surface area (Å²) in [7, 11) is 1.39. The topological polar surface area (TPSA) is 111 Å². The SMILES string of the molecule is COc1ccc(C(=O)NNC(=O)Cn2nnc(-c3ccccc3)n2)c(F)c1. The molecule has 1 heterocycles. The average molecular weight is 370 g/mol. The van der Waals surface area contributed by atoms with Crippen molar-refractivity contribution in [3.63, 3.8) is 0 Å². The molecule has 0 spiro atoms. The third-order valence-corrected chi connectivity index (χ3v) is 3.51. The van der Waals surface area contributed by atoms with E-state index in [0.717, 1.165) is 16.4 Å². The summed E-state index contributed by atoms with van der Waals surface area (Å²) in [5.41, 5.74) is 4.82. The van der Waals surface area contributed by atoms with Crippen molar-refractivity contribution in [2.45, 2.75) is 6.54 Å². The fraction of sp³-hybridized carbons (Fsp3) is 0.118. The number of hydrazine groups is 1. The van der Waals surface area contributed by atoms with Gasteiger partial charge in [-0.2, -0.15) is 4.80 Å². The molecule has 2 amide bonds. The zero-order valence-electron chi connectivity index (χ0n) is 14.2. The number of ether oxygens (including phenoxy) is 1. The Hall–Kier alpha value is -3.82. The zero-order chi connectivity index (χ0) is 19.2. The fourth-order valence-corrected chi connectivity index (χ4v) is 2.18. The smallest absolute Gasteiger partial charge is 0.272 e. The van der Waals surface area contributed by atoms with Gasteiger partial charge in [0.15, 0.2) is 0 Å². The molecule has 0 unspecified atom stereocenters. The van der Waals surface area contributed by atoms with Gasteiger partial charge in [0.1, 0.15) is 18.1 Å². The molecule has 1 aromatic heterocycles. The van der Waals surface area contributed by atoms with Crippen molar-refractivity contribution < 1.29 is 18.7 Å². The van der Waals surface area contributed by atoms with Gasteiger partial charge < -0.3 is 4.74 Å². The first-order chi connectivity index (χ1) is 13.1. The molecule has 138 valence electrons. The summed E-state index contributed by atoms with van der Waals surface area (Å²) >= 11 is 0. The molecular weight excluding hydrogens is 355 g/mol. The first kappa shape index (κ1) is 18.0. The second-order valence-corrected chi connectivity index (χ2v) is 5.36. The summed E-state index contributed by atoms with van der Waals surface area (Å²) < 4.78 is 18.7. The lowest BCUT2D eigenvalue weighted by molar-refractivity contribution is -0.122. The number of aromatic nitrogens is 4. The first-order valence-corrected chi connectivity index (χ1v) is 7.83. The van der Waals surface area contributed by atoms with Gasteiger partial charge in [-0.05, 0) is 17.3 Å². The first-order valence-electron chi connectivity index (χ1n) is 7.83. The van der Waals surface area contributed by atoms with Crippen LogP contribution < -0.4 is 15.6 Å². The predicted octanol–water partition coefficient (Wildman–Crippen LogP) is 0.949. The Balaban J connectivity index is 1.55. The summed E-state index contributed by atoms with van der Waals surface area (Å²) in [6, 6.07) is 12.9. The number of methoxy groups -OCH3 is 1. The Kier molecular flexibility index (Phi) is 5.36. The van der Waals surface area contributed by atoms with Crippen molar-refractivity contribution in [2.24, 2.45) is 0 Å². The molecule has 27 heavy (non-hydrogen) atoms. The van der Waals surface area contributed by atoms with Crippen LogP contribution in [0.1, 0.15) is 10.4 Å². The van der Waals surface area contributed by atoms with Crippen LogP contribution in [0, 0.1) is 5.82 Å². The maximum absolute atomic E-state index is 13.8. The van der Waals surface area contributed by atoms with E-state index in [4.69, 9.17) is 4.74 Å². The highest BCUT2D eigenvalue weighted by molar-refractivity contribution is 5.95. The van der Waals surface area contributed by atoms with Crippen LogP contribution in [0.25, 0.3) is 11.4 Å². The van der Waals surface area contributed by atoms with Crippen LogP contribution in [0.4, 0.5) is 4.39 Å². The molecule has 0 aliphatic heterocycles. The van der Waals surface area contributed by atoms with Crippen molar-refractivity contribution in [3.8, 4) is 17.1 Å². The number of halogens is 1. The van der Waals surface area contributed by atoms with Gasteiger partial charge in [-0.3, -0.25) is 20.4 Å². The Morgan fingerprint density at radius 2 is 1.93 bits per heavy atom. The number of amides is 2. The Labute approximate surface area is 153 Å². The summed E-state index contributed by atoms with van der Waals surface area (Å²) in [6.45, 7) is -0.273. The third-order valence-electron chi connectivity index (χ3n) is 3.51. The molecule has 2 N–H and O–H groups in total. The number of nitrogens with zero attached hydrogens (tertiary/aromatic N) is 4. The van der Waals surface area contributed by atoms with E-state index in [-0.39, 0.29) is 17.9 Å². The molecule has 9 nitrogen and oxygen atoms in total. The number of hydrogen-bond acceptors (Lipinski definition) is 6. The van der Waals surface area contributed by atoms with Crippen LogP contribution >= 0.6 is 0 Å². The van der Waals surface area contributed by atoms with Crippen LogP contribution in [-0.4, -0.2) is 39.1 Å². The van der Waals surface area contributed by atoms with Crippen molar-refractivity contribution >= 4 is 11.8 Å². The Morgan fingerprint density at radius 1 is 1.15 bits per heavy atom. The van der Waals surface area contributed by atoms with Gasteiger partial charge in [-0.1, -0.05) is 30.3 Å². The largest absolute Gasteiger partial charge is 0.497 e. The molecule has 2 aromatic carbocycles. The van der Waals surface area contributed by atoms with E-state index in [1.807, 2.05) is 30.3 Å². The van der Waals surface area contributed by atoms with Gasteiger partial charge in [-0.15, -0.1) is 10.2 Å². The molecule has 0 fully saturated rings. The van der Waals surface area contributed by atoms with Gasteiger partial charge >= 0.3 is 0 Å². The van der Waals surface area contributed by atoms with Gasteiger partial charge in [-0.25, -0.2) is 4.39 Å². The normalized spacial score (nSPS) is 10.3. The quantitative estimate of drug-likeness (QED) is 0.647. The maximum Gasteiger partial charge on any atom is 0.272 e. The number of tetrazole rings is 1. The number of rotatable bonds is 5. The summed E-state index contributed by atoms with van der Waals surface area (Å²) in [6.07, 6.45) is 0. The predicted molar refractivity (Wildman–Crippen MR) is 91.8 cm³/mol. The Bertz CT molecular complexity index is 960. The summed E-state index contributed by atoms with van der Waals surface area (Å²) in [5, 5.41) is 11.7. The minimum absolute atomic E-state index is 0.235. The lowest BCUT2D eigenvalue weighted by Crippen LogP contribution is -2.43. The molecule has 0 bridgehead atoms. The molecule has 0 atom stereocenters. The zero-order valence-corrected chi connectivity index (χ0v) is 14.2. The van der Waals surface area contributed by atoms with Crippen molar-refractivity contribution in [1.82, 2.24) is 31.1 Å². The molecule has 3 aromatic rings. The van der Waals surface area contributed by atoms with E-state index in [9.17, 15) is 14.0 Å². The van der Waals surface area contributed by atoms with E-state index in [1.165, 1.54) is 19.2 Å². The molecule has 0 saturated carbocycles. The summed E-state index contributed by atoms with van der Waals surface area (Å²) in [4.78, 5) is 24.9. The molecular formula is C17H15FN6O3. The molecule has 3 rings (SSSR count). The fourth-order valence-electron chi connectivity index (χ4n) is 2.18. The van der Waals surface area contributed by atoms with Crippen LogP contribution in [-0.2, 0) is 11.3 Å². The Morgan fingerprint density at radius 3 is 2.63 bits per heavy atom. The highest BCUT2D eigenvalue weighted by Gasteiger charge is 2.14. The van der Waals surface area contributed by atoms with Crippen LogP contribution in [0.15, 0.2) is 48.5 Å². The van der Waals surface area contributed by atoms with E-state index >= 15 is 0 Å². The standard InChI is InChI=1S/C17H15FN6O3/c1-27-12-7-8-13(14(18)9-12)17(26)21-19-15(25)10-24-22-16(20-23-24)11-5-3-2-4-6-11/h2-9H,10H2,1H3,(H,19,25)(H,21,26). The van der Waals surface area contributed by atoms with Crippen LogP contribution in [0.2, 0.25) is 0 Å². The van der Waals surface area contributed by atoms with E-state index in [2.05, 4.69) is 26.3 Å². The minimum Gasteiger partial charge on any atom is -0.497 e. The number of carbonyl (C=O) groups excluding carboxylic acids is 2.